The van der Waals surface area contributed by atoms with Gasteiger partial charge in [-0.05, 0) is 84.9 Å². The van der Waals surface area contributed by atoms with E-state index in [4.69, 9.17) is 0 Å². The number of sulfone groups is 1. The smallest absolute Gasteiger partial charge is 0.182 e. The average molecular weight is 907 g/mol. The minimum Gasteiger partial charge on any atom is -0.611 e. The number of benzene rings is 6. The summed E-state index contributed by atoms with van der Waals surface area (Å²) in [6, 6.07) is 41.4. The van der Waals surface area contributed by atoms with Crippen LogP contribution in [0.4, 0.5) is 0 Å². The molecule has 0 heterocycles. The van der Waals surface area contributed by atoms with Crippen molar-refractivity contribution in [1.82, 2.24) is 0 Å². The third-order valence-electron chi connectivity index (χ3n) is 11.3. The van der Waals surface area contributed by atoms with Gasteiger partial charge >= 0.3 is 0 Å². The minimum absolute atomic E-state index is 0.148. The molecule has 7 nitrogen and oxygen atoms in total. The molecule has 0 fully saturated rings. The Morgan fingerprint density at radius 1 is 0.523 bits per heavy atom. The number of aromatic hydroxyl groups is 2. The Labute approximate surface area is 390 Å². The summed E-state index contributed by atoms with van der Waals surface area (Å²) in [4.78, 5) is 0.950. The lowest BCUT2D eigenvalue weighted by atomic mass is 9.79. The second-order valence-corrected chi connectivity index (χ2v) is 24.1. The summed E-state index contributed by atoms with van der Waals surface area (Å²) in [7, 11) is -3.65. The lowest BCUT2D eigenvalue weighted by Gasteiger charge is -2.28. The monoisotopic (exact) mass is 906 g/mol. The zero-order valence-corrected chi connectivity index (χ0v) is 41.4. The zero-order valence-electron chi connectivity index (χ0n) is 39.8. The summed E-state index contributed by atoms with van der Waals surface area (Å²) in [6.45, 7) is 24.1. The van der Waals surface area contributed by atoms with E-state index in [2.05, 4.69) is 53.7 Å². The predicted molar refractivity (Wildman–Crippen MR) is 265 cm³/mol. The Kier molecular flexibility index (Phi) is 14.9. The van der Waals surface area contributed by atoms with E-state index in [9.17, 15) is 33.7 Å². The van der Waals surface area contributed by atoms with Crippen molar-refractivity contribution in [3.63, 3.8) is 0 Å². The molecule has 0 spiro atoms. The summed E-state index contributed by atoms with van der Waals surface area (Å²) >= 11 is -1.25. The van der Waals surface area contributed by atoms with Gasteiger partial charge in [-0.2, -0.15) is 10.5 Å². The highest BCUT2D eigenvalue weighted by atomic mass is 32.2. The standard InChI is InChI=1S/C28H31NO3S.C28H31NO2S/c1-27(2,3)24-15-22(16-25(26(24)30)28(4,5)6)33(31,32)18-19-11-13-20(14-12-19)23-10-8-7-9-21(23)17-29;1-27(2,3)24-15-22(16-25(26(24)30)28(4,5)6)32(31)18-19-11-13-20(14-12-19)23-10-8-7-9-21(23)17-29/h7-16,30H,18H2,1-6H3;7-16,30H,18H2,1-6H3. The van der Waals surface area contributed by atoms with Crippen LogP contribution in [0.25, 0.3) is 22.3 Å². The van der Waals surface area contributed by atoms with E-state index >= 15 is 0 Å². The van der Waals surface area contributed by atoms with Crippen molar-refractivity contribution in [2.75, 3.05) is 0 Å². The van der Waals surface area contributed by atoms with Crippen LogP contribution >= 0.6 is 0 Å². The van der Waals surface area contributed by atoms with Gasteiger partial charge in [0, 0.05) is 39.9 Å². The molecule has 0 aliphatic rings. The Balaban J connectivity index is 0.000000244. The van der Waals surface area contributed by atoms with Crippen LogP contribution in [-0.4, -0.2) is 23.2 Å². The number of phenolic OH excluding ortho intramolecular Hbond substituents is 2. The van der Waals surface area contributed by atoms with Crippen molar-refractivity contribution in [3.05, 3.63) is 166 Å². The molecule has 6 aromatic rings. The Morgan fingerprint density at radius 2 is 0.862 bits per heavy atom. The second-order valence-electron chi connectivity index (χ2n) is 20.7. The largest absolute Gasteiger partial charge is 0.611 e. The molecule has 0 aliphatic carbocycles. The van der Waals surface area contributed by atoms with Crippen molar-refractivity contribution < 1.29 is 23.2 Å². The maximum atomic E-state index is 13.4. The Hall–Kier alpha value is -5.84. The van der Waals surface area contributed by atoms with Crippen molar-refractivity contribution in [1.29, 1.82) is 10.5 Å². The van der Waals surface area contributed by atoms with Crippen LogP contribution in [0.3, 0.4) is 0 Å². The lowest BCUT2D eigenvalue weighted by molar-refractivity contribution is 0.420. The first-order chi connectivity index (χ1) is 30.1. The van der Waals surface area contributed by atoms with Gasteiger partial charge in [-0.3, -0.25) is 0 Å². The first kappa shape index (κ1) is 50.2. The molecule has 0 amide bonds. The van der Waals surface area contributed by atoms with E-state index in [1.165, 1.54) is 0 Å². The van der Waals surface area contributed by atoms with Crippen molar-refractivity contribution >= 4 is 21.0 Å². The van der Waals surface area contributed by atoms with Gasteiger partial charge in [0.15, 0.2) is 14.7 Å². The van der Waals surface area contributed by atoms with Gasteiger partial charge in [0.05, 0.1) is 33.9 Å². The molecular formula is C56H62N2O5S2. The van der Waals surface area contributed by atoms with Gasteiger partial charge in [-0.25, -0.2) is 8.42 Å². The number of rotatable bonds is 8. The van der Waals surface area contributed by atoms with Gasteiger partial charge in [-0.1, -0.05) is 168 Å². The first-order valence-corrected chi connectivity index (χ1v) is 24.7. The van der Waals surface area contributed by atoms with Crippen LogP contribution in [0, 0.1) is 22.7 Å². The molecular weight excluding hydrogens is 845 g/mol. The van der Waals surface area contributed by atoms with Crippen LogP contribution in [-0.2, 0) is 54.2 Å². The molecule has 6 aromatic carbocycles. The molecule has 9 heteroatoms. The van der Waals surface area contributed by atoms with Gasteiger partial charge in [0.25, 0.3) is 0 Å². The Morgan fingerprint density at radius 3 is 1.22 bits per heavy atom. The van der Waals surface area contributed by atoms with Crippen LogP contribution in [0.1, 0.15) is 128 Å². The van der Waals surface area contributed by atoms with Gasteiger partial charge in [0.1, 0.15) is 17.3 Å². The van der Waals surface area contributed by atoms with E-state index in [-0.39, 0.29) is 27.2 Å². The summed E-state index contributed by atoms with van der Waals surface area (Å²) in [6.07, 6.45) is 0. The summed E-state index contributed by atoms with van der Waals surface area (Å²) in [5.41, 5.74) is 7.90. The van der Waals surface area contributed by atoms with Crippen molar-refractivity contribution in [3.8, 4) is 45.9 Å². The fourth-order valence-electron chi connectivity index (χ4n) is 7.58. The lowest BCUT2D eigenvalue weighted by Crippen LogP contribution is -2.19. The summed E-state index contributed by atoms with van der Waals surface area (Å²) < 4.78 is 40.1. The first-order valence-electron chi connectivity index (χ1n) is 21.7. The fraction of sp³-hybridized carbons (Fsp3) is 0.321. The van der Waals surface area contributed by atoms with Gasteiger partial charge < -0.3 is 14.8 Å². The third kappa shape index (κ3) is 12.1. The van der Waals surface area contributed by atoms with E-state index in [0.717, 1.165) is 43.8 Å². The van der Waals surface area contributed by atoms with Crippen LogP contribution < -0.4 is 0 Å². The number of nitriles is 2. The van der Waals surface area contributed by atoms with Gasteiger partial charge in [-0.15, -0.1) is 0 Å². The molecule has 1 unspecified atom stereocenters. The molecule has 1 atom stereocenters. The highest BCUT2D eigenvalue weighted by Gasteiger charge is 2.31. The van der Waals surface area contributed by atoms with Crippen molar-refractivity contribution in [2.45, 2.75) is 126 Å². The molecule has 338 valence electrons. The van der Waals surface area contributed by atoms with Crippen LogP contribution in [0.15, 0.2) is 131 Å². The Bertz CT molecular complexity index is 2790. The quantitative estimate of drug-likeness (QED) is 0.145. The molecule has 6 rings (SSSR count). The van der Waals surface area contributed by atoms with E-state index in [0.29, 0.717) is 39.3 Å². The highest BCUT2D eigenvalue weighted by molar-refractivity contribution is 7.91. The maximum Gasteiger partial charge on any atom is 0.182 e. The number of hydrogen-bond donors (Lipinski definition) is 2. The minimum atomic E-state index is -3.65. The van der Waals surface area contributed by atoms with Crippen molar-refractivity contribution in [2.24, 2.45) is 0 Å². The maximum absolute atomic E-state index is 13.4. The zero-order chi connectivity index (χ0) is 48.3. The molecule has 0 saturated heterocycles. The molecule has 2 N–H and O–H groups in total. The second kappa shape index (κ2) is 19.3. The molecule has 65 heavy (non-hydrogen) atoms. The van der Waals surface area contributed by atoms with E-state index < -0.39 is 31.8 Å². The molecule has 0 saturated carbocycles. The van der Waals surface area contributed by atoms with E-state index in [1.54, 1.807) is 30.3 Å². The summed E-state index contributed by atoms with van der Waals surface area (Å²) in [5.74, 6) is 0.698. The summed E-state index contributed by atoms with van der Waals surface area (Å²) in [5, 5.41) is 40.5. The topological polar surface area (TPSA) is 145 Å². The third-order valence-corrected chi connectivity index (χ3v) is 14.3. The fourth-order valence-corrected chi connectivity index (χ4v) is 10.1. The molecule has 0 bridgehead atoms. The SMILES string of the molecule is CC(C)(C)c1cc(S(=O)(=O)Cc2ccc(-c3ccccc3C#N)cc2)cc(C(C)(C)C)c1O.CC(C)(C)c1cc([S+]([O-])Cc2ccc(-c3ccccc3C#N)cc2)cc(C(C)(C)C)c1O. The van der Waals surface area contributed by atoms with Crippen LogP contribution in [0.2, 0.25) is 0 Å². The molecule has 0 aliphatic heterocycles. The number of hydrogen-bond acceptors (Lipinski definition) is 7. The highest BCUT2D eigenvalue weighted by Crippen LogP contribution is 2.43. The normalized spacial score (nSPS) is 12.7. The van der Waals surface area contributed by atoms with Gasteiger partial charge in [0.2, 0.25) is 0 Å². The predicted octanol–water partition coefficient (Wildman–Crippen LogP) is 13.3. The average Bonchev–Trinajstić information content (AvgIpc) is 3.22. The number of phenols is 2. The number of nitrogens with zero attached hydrogens (tertiary/aromatic N) is 2. The van der Waals surface area contributed by atoms with Crippen LogP contribution in [0.5, 0.6) is 11.5 Å². The molecule has 0 radical (unpaired) electrons. The molecule has 0 aromatic heterocycles. The van der Waals surface area contributed by atoms with E-state index in [1.807, 2.05) is 133 Å².